The van der Waals surface area contributed by atoms with Crippen LogP contribution in [-0.2, 0) is 4.79 Å². The third-order valence-electron chi connectivity index (χ3n) is 3.01. The van der Waals surface area contributed by atoms with Crippen molar-refractivity contribution in [2.75, 3.05) is 0 Å². The van der Waals surface area contributed by atoms with E-state index in [1.54, 1.807) is 6.92 Å². The fourth-order valence-corrected chi connectivity index (χ4v) is 1.45. The Hall–Kier alpha value is -0.530. The van der Waals surface area contributed by atoms with Gasteiger partial charge in [-0.1, -0.05) is 40.5 Å². The van der Waals surface area contributed by atoms with Crippen LogP contribution in [0.4, 0.5) is 0 Å². The van der Waals surface area contributed by atoms with Gasteiger partial charge in [0.25, 0.3) is 0 Å². The Balaban J connectivity index is 4.39. The molecule has 0 aromatic heterocycles. The third kappa shape index (κ3) is 2.23. The van der Waals surface area contributed by atoms with Gasteiger partial charge in [0.15, 0.2) is 0 Å². The van der Waals surface area contributed by atoms with E-state index in [0.717, 1.165) is 12.8 Å². The van der Waals surface area contributed by atoms with Gasteiger partial charge in [-0.2, -0.15) is 0 Å². The molecule has 0 spiro atoms. The summed E-state index contributed by atoms with van der Waals surface area (Å²) in [4.78, 5) is 10.9. The molecule has 0 bridgehead atoms. The molecular weight excluding hydrogens is 152 g/mol. The number of carbonyl (C=O) groups excluding carboxylic acids is 1. The van der Waals surface area contributed by atoms with Crippen molar-refractivity contribution in [3.05, 3.63) is 0 Å². The van der Waals surface area contributed by atoms with Crippen LogP contribution in [0.2, 0.25) is 0 Å². The lowest BCUT2D eigenvalue weighted by molar-refractivity contribution is -0.321. The van der Waals surface area contributed by atoms with Crippen LogP contribution in [-0.4, -0.2) is 5.97 Å². The van der Waals surface area contributed by atoms with Crippen LogP contribution in [0.15, 0.2) is 0 Å². The zero-order valence-corrected chi connectivity index (χ0v) is 8.52. The van der Waals surface area contributed by atoms with Crippen molar-refractivity contribution in [1.29, 1.82) is 0 Å². The predicted octanol–water partition coefficient (Wildman–Crippen LogP) is 1.59. The van der Waals surface area contributed by atoms with Crippen molar-refractivity contribution < 1.29 is 9.90 Å². The van der Waals surface area contributed by atoms with E-state index in [0.29, 0.717) is 6.42 Å². The Morgan fingerprint density at radius 2 is 2.00 bits per heavy atom. The summed E-state index contributed by atoms with van der Waals surface area (Å²) in [5.74, 6) is -0.705. The van der Waals surface area contributed by atoms with Crippen molar-refractivity contribution >= 4 is 5.97 Å². The van der Waals surface area contributed by atoms with E-state index in [4.69, 9.17) is 0 Å². The lowest BCUT2D eigenvalue weighted by atomic mass is 9.74. The van der Waals surface area contributed by atoms with Crippen molar-refractivity contribution in [2.24, 2.45) is 11.3 Å². The maximum atomic E-state index is 10.9. The second kappa shape index (κ2) is 4.48. The molecular formula is C10H19O2-. The molecule has 2 heteroatoms. The molecule has 12 heavy (non-hydrogen) atoms. The maximum absolute atomic E-state index is 10.9. The molecule has 2 unspecified atom stereocenters. The quantitative estimate of drug-likeness (QED) is 0.630. The van der Waals surface area contributed by atoms with E-state index in [-0.39, 0.29) is 5.92 Å². The first-order valence-corrected chi connectivity index (χ1v) is 4.70. The minimum atomic E-state index is -0.911. The van der Waals surface area contributed by atoms with Crippen LogP contribution in [0.25, 0.3) is 0 Å². The zero-order valence-electron chi connectivity index (χ0n) is 8.52. The molecule has 0 radical (unpaired) electrons. The molecule has 0 aliphatic rings. The third-order valence-corrected chi connectivity index (χ3v) is 3.01. The lowest BCUT2D eigenvalue weighted by Gasteiger charge is -2.35. The Kier molecular flexibility index (Phi) is 4.29. The lowest BCUT2D eigenvalue weighted by Crippen LogP contribution is -2.44. The van der Waals surface area contributed by atoms with Crippen LogP contribution in [0.3, 0.4) is 0 Å². The van der Waals surface area contributed by atoms with Crippen LogP contribution in [0, 0.1) is 11.3 Å². The molecule has 2 nitrogen and oxygen atoms in total. The van der Waals surface area contributed by atoms with Crippen LogP contribution in [0.1, 0.15) is 47.0 Å². The fraction of sp³-hybridized carbons (Fsp3) is 0.900. The number of carboxylic acids is 1. The molecule has 0 aliphatic heterocycles. The highest BCUT2D eigenvalue weighted by Crippen LogP contribution is 2.33. The Morgan fingerprint density at radius 1 is 1.50 bits per heavy atom. The molecule has 0 heterocycles. The molecule has 0 saturated heterocycles. The average molecular weight is 171 g/mol. The van der Waals surface area contributed by atoms with Crippen molar-refractivity contribution in [2.45, 2.75) is 47.0 Å². The normalized spacial score (nSPS) is 18.3. The Morgan fingerprint density at radius 3 is 2.25 bits per heavy atom. The first-order chi connectivity index (χ1) is 5.49. The van der Waals surface area contributed by atoms with E-state index in [9.17, 15) is 9.90 Å². The minimum Gasteiger partial charge on any atom is -0.550 e. The summed E-state index contributed by atoms with van der Waals surface area (Å²) >= 11 is 0. The molecule has 0 aliphatic carbocycles. The first-order valence-electron chi connectivity index (χ1n) is 4.70. The highest BCUT2D eigenvalue weighted by Gasteiger charge is 2.29. The number of rotatable bonds is 5. The Labute approximate surface area is 75.0 Å². The summed E-state index contributed by atoms with van der Waals surface area (Å²) in [5.41, 5.74) is -0.643. The van der Waals surface area contributed by atoms with Crippen molar-refractivity contribution in [3.63, 3.8) is 0 Å². The average Bonchev–Trinajstić information content (AvgIpc) is 2.03. The van der Waals surface area contributed by atoms with Gasteiger partial charge in [-0.3, -0.25) is 0 Å². The van der Waals surface area contributed by atoms with Gasteiger partial charge in [0.1, 0.15) is 0 Å². The van der Waals surface area contributed by atoms with Crippen molar-refractivity contribution in [3.8, 4) is 0 Å². The molecule has 0 rings (SSSR count). The molecule has 0 N–H and O–H groups in total. The van der Waals surface area contributed by atoms with Gasteiger partial charge in [0.2, 0.25) is 0 Å². The zero-order chi connectivity index (χ0) is 9.78. The SMILES string of the molecule is CCCC(C)C(C)(CC)C(=O)[O-]. The molecule has 0 fully saturated rings. The van der Waals surface area contributed by atoms with Gasteiger partial charge in [0.05, 0.1) is 0 Å². The summed E-state index contributed by atoms with van der Waals surface area (Å²) in [6.07, 6.45) is 2.64. The second-order valence-electron chi connectivity index (χ2n) is 3.75. The van der Waals surface area contributed by atoms with Gasteiger partial charge >= 0.3 is 0 Å². The highest BCUT2D eigenvalue weighted by atomic mass is 16.4. The van der Waals surface area contributed by atoms with Gasteiger partial charge in [0, 0.05) is 11.4 Å². The molecule has 0 aromatic carbocycles. The van der Waals surface area contributed by atoms with Gasteiger partial charge in [-0.15, -0.1) is 0 Å². The topological polar surface area (TPSA) is 40.1 Å². The number of carboxylic acid groups (broad SMARTS) is 1. The first kappa shape index (κ1) is 11.5. The minimum absolute atomic E-state index is 0.206. The fourth-order valence-electron chi connectivity index (χ4n) is 1.45. The van der Waals surface area contributed by atoms with Gasteiger partial charge < -0.3 is 9.90 Å². The number of aliphatic carboxylic acids is 1. The molecule has 72 valence electrons. The predicted molar refractivity (Wildman–Crippen MR) is 47.5 cm³/mol. The van der Waals surface area contributed by atoms with Crippen LogP contribution < -0.4 is 5.11 Å². The molecule has 0 saturated carbocycles. The molecule has 0 aromatic rings. The van der Waals surface area contributed by atoms with E-state index >= 15 is 0 Å². The number of carbonyl (C=O) groups is 1. The Bertz CT molecular complexity index is 154. The van der Waals surface area contributed by atoms with E-state index < -0.39 is 11.4 Å². The summed E-state index contributed by atoms with van der Waals surface area (Å²) in [5, 5.41) is 10.9. The summed E-state index contributed by atoms with van der Waals surface area (Å²) < 4.78 is 0. The van der Waals surface area contributed by atoms with Crippen LogP contribution >= 0.6 is 0 Å². The smallest absolute Gasteiger partial charge is 0.0476 e. The van der Waals surface area contributed by atoms with Gasteiger partial charge in [-0.05, 0) is 12.3 Å². The number of hydrogen-bond donors (Lipinski definition) is 0. The highest BCUT2D eigenvalue weighted by molar-refractivity contribution is 5.72. The second-order valence-corrected chi connectivity index (χ2v) is 3.75. The monoisotopic (exact) mass is 171 g/mol. The van der Waals surface area contributed by atoms with E-state index in [1.165, 1.54) is 0 Å². The summed E-state index contributed by atoms with van der Waals surface area (Å²) in [6, 6.07) is 0. The molecule has 2 atom stereocenters. The molecule has 0 amide bonds. The van der Waals surface area contributed by atoms with Crippen LogP contribution in [0.5, 0.6) is 0 Å². The maximum Gasteiger partial charge on any atom is 0.0476 e. The van der Waals surface area contributed by atoms with Crippen molar-refractivity contribution in [1.82, 2.24) is 0 Å². The largest absolute Gasteiger partial charge is 0.550 e. The van der Waals surface area contributed by atoms with E-state index in [2.05, 4.69) is 6.92 Å². The summed E-state index contributed by atoms with van der Waals surface area (Å²) in [6.45, 7) is 7.75. The van der Waals surface area contributed by atoms with E-state index in [1.807, 2.05) is 13.8 Å². The summed E-state index contributed by atoms with van der Waals surface area (Å²) in [7, 11) is 0. The van der Waals surface area contributed by atoms with Gasteiger partial charge in [-0.25, -0.2) is 0 Å². The number of hydrogen-bond acceptors (Lipinski definition) is 2. The standard InChI is InChI=1S/C10H20O2/c1-5-7-8(3)10(4,6-2)9(11)12/h8H,5-7H2,1-4H3,(H,11,12)/p-1.